The van der Waals surface area contributed by atoms with Gasteiger partial charge in [-0.1, -0.05) is 105 Å². The van der Waals surface area contributed by atoms with Crippen LogP contribution >= 0.6 is 0 Å². The molecule has 2 aliphatic rings. The zero-order chi connectivity index (χ0) is 35.7. The molecule has 0 radical (unpaired) electrons. The fraction of sp³-hybridized carbons (Fsp3) is 0.286. The monoisotopic (exact) mass is 704 g/mol. The lowest BCUT2D eigenvalue weighted by Crippen LogP contribution is -2.44. The predicted molar refractivity (Wildman–Crippen MR) is 196 cm³/mol. The third-order valence-electron chi connectivity index (χ3n) is 9.24. The Bertz CT molecular complexity index is 1840. The highest BCUT2D eigenvalue weighted by atomic mass is 16.6. The van der Waals surface area contributed by atoms with Crippen molar-refractivity contribution in [3.63, 3.8) is 0 Å². The van der Waals surface area contributed by atoms with E-state index in [0.29, 0.717) is 18.6 Å². The summed E-state index contributed by atoms with van der Waals surface area (Å²) in [4.78, 5) is 57.2. The van der Waals surface area contributed by atoms with E-state index in [1.807, 2.05) is 72.8 Å². The van der Waals surface area contributed by atoms with Crippen LogP contribution in [0.2, 0.25) is 0 Å². The van der Waals surface area contributed by atoms with Gasteiger partial charge in [0, 0.05) is 0 Å². The molecule has 0 aliphatic carbocycles. The third kappa shape index (κ3) is 9.06. The molecule has 1 N–H and O–H groups in total. The Morgan fingerprint density at radius 3 is 1.48 bits per heavy atom. The Morgan fingerprint density at radius 2 is 1.08 bits per heavy atom. The number of hydrogen-bond acceptors (Lipinski definition) is 8. The Balaban J connectivity index is 0.00000523. The summed E-state index contributed by atoms with van der Waals surface area (Å²) < 4.78 is 16.1. The molecule has 2 fully saturated rings. The zero-order valence-corrected chi connectivity index (χ0v) is 28.3. The molecule has 4 amide bonds. The standard InChI is InChI=1S/C41H40N2O8.CH4/c1-49-37-20-14-31(15-21-37)23-33(39(46)43-35(27-51-41(43)48)25-29-10-6-3-7-11-29)17-16-32(22-30-12-18-36(44)19-13-30)38(45)42-34(26-50-40(42)47)24-28-8-4-2-5-9-28;/h2-21,32-35,44H,22-27H2,1H3;1H4/b17-16+;/t32-,33-,34+,35+;/m1./s1. The summed E-state index contributed by atoms with van der Waals surface area (Å²) in [7, 11) is 1.57. The fourth-order valence-electron chi connectivity index (χ4n) is 6.54. The lowest BCUT2D eigenvalue weighted by atomic mass is 9.91. The van der Waals surface area contributed by atoms with E-state index in [1.54, 1.807) is 43.5 Å². The van der Waals surface area contributed by atoms with Crippen LogP contribution in [-0.4, -0.2) is 71.3 Å². The van der Waals surface area contributed by atoms with Crippen LogP contribution < -0.4 is 4.74 Å². The van der Waals surface area contributed by atoms with E-state index < -0.39 is 47.9 Å². The highest BCUT2D eigenvalue weighted by molar-refractivity contribution is 5.97. The van der Waals surface area contributed by atoms with E-state index in [0.717, 1.165) is 22.3 Å². The number of phenols is 1. The topological polar surface area (TPSA) is 123 Å². The van der Waals surface area contributed by atoms with Gasteiger partial charge in [-0.25, -0.2) is 19.4 Å². The quantitative estimate of drug-likeness (QED) is 0.151. The summed E-state index contributed by atoms with van der Waals surface area (Å²) in [5, 5.41) is 9.89. The largest absolute Gasteiger partial charge is 0.508 e. The van der Waals surface area contributed by atoms with Crippen molar-refractivity contribution < 1.29 is 38.5 Å². The van der Waals surface area contributed by atoms with Crippen LogP contribution in [0, 0.1) is 11.8 Å². The second-order valence-corrected chi connectivity index (χ2v) is 12.8. The van der Waals surface area contributed by atoms with Crippen molar-refractivity contribution in [2.45, 2.75) is 45.2 Å². The third-order valence-corrected chi connectivity index (χ3v) is 9.24. The average Bonchev–Trinajstić information content (AvgIpc) is 3.70. The van der Waals surface area contributed by atoms with E-state index in [4.69, 9.17) is 14.2 Å². The molecule has 0 saturated carbocycles. The maximum absolute atomic E-state index is 14.4. The molecule has 10 nitrogen and oxygen atoms in total. The minimum absolute atomic E-state index is 0. The van der Waals surface area contributed by atoms with Gasteiger partial charge in [0.1, 0.15) is 24.7 Å². The second-order valence-electron chi connectivity index (χ2n) is 12.8. The van der Waals surface area contributed by atoms with Crippen LogP contribution in [0.25, 0.3) is 0 Å². The first kappa shape index (κ1) is 37.4. The van der Waals surface area contributed by atoms with Gasteiger partial charge in [-0.15, -0.1) is 0 Å². The van der Waals surface area contributed by atoms with E-state index in [1.165, 1.54) is 21.9 Å². The lowest BCUT2D eigenvalue weighted by Gasteiger charge is -2.25. The van der Waals surface area contributed by atoms with Gasteiger partial charge in [-0.3, -0.25) is 9.59 Å². The number of aromatic hydroxyl groups is 1. The van der Waals surface area contributed by atoms with Gasteiger partial charge in [0.2, 0.25) is 11.8 Å². The van der Waals surface area contributed by atoms with Gasteiger partial charge in [-0.05, 0) is 72.2 Å². The van der Waals surface area contributed by atoms with Crippen molar-refractivity contribution in [3.8, 4) is 11.5 Å². The summed E-state index contributed by atoms with van der Waals surface area (Å²) in [5.41, 5.74) is 3.48. The molecule has 0 unspecified atom stereocenters. The minimum atomic E-state index is -0.879. The van der Waals surface area contributed by atoms with Crippen LogP contribution in [-0.2, 0) is 44.7 Å². The normalized spacial score (nSPS) is 18.0. The van der Waals surface area contributed by atoms with Crippen molar-refractivity contribution >= 4 is 24.0 Å². The number of methoxy groups -OCH3 is 1. The number of imide groups is 2. The molecule has 2 saturated heterocycles. The van der Waals surface area contributed by atoms with Gasteiger partial charge >= 0.3 is 12.2 Å². The Morgan fingerprint density at radius 1 is 0.673 bits per heavy atom. The highest BCUT2D eigenvalue weighted by Crippen LogP contribution is 2.27. The fourth-order valence-corrected chi connectivity index (χ4v) is 6.54. The van der Waals surface area contributed by atoms with Gasteiger partial charge in [-0.2, -0.15) is 0 Å². The number of cyclic esters (lactones) is 2. The van der Waals surface area contributed by atoms with Gasteiger partial charge < -0.3 is 19.3 Å². The predicted octanol–water partition coefficient (Wildman–Crippen LogP) is 6.79. The first-order valence-electron chi connectivity index (χ1n) is 17.0. The van der Waals surface area contributed by atoms with E-state index in [2.05, 4.69) is 0 Å². The number of benzene rings is 4. The average molecular weight is 705 g/mol. The van der Waals surface area contributed by atoms with Crippen LogP contribution in [0.15, 0.2) is 121 Å². The molecule has 4 atom stereocenters. The van der Waals surface area contributed by atoms with E-state index in [9.17, 15) is 24.3 Å². The number of phenolic OH excluding ortho intramolecular Hbond substituents is 1. The maximum atomic E-state index is 14.4. The number of rotatable bonds is 13. The van der Waals surface area contributed by atoms with Crippen LogP contribution in [0.5, 0.6) is 11.5 Å². The summed E-state index contributed by atoms with van der Waals surface area (Å²) >= 11 is 0. The number of amides is 4. The van der Waals surface area contributed by atoms with Crippen molar-refractivity contribution in [3.05, 3.63) is 144 Å². The van der Waals surface area contributed by atoms with Crippen LogP contribution in [0.4, 0.5) is 9.59 Å². The van der Waals surface area contributed by atoms with Crippen molar-refractivity contribution in [1.82, 2.24) is 9.80 Å². The molecule has 0 spiro atoms. The van der Waals surface area contributed by atoms with E-state index in [-0.39, 0.29) is 39.2 Å². The SMILES string of the molecule is C.COc1ccc(C[C@@H](/C=C/[C@H](Cc2ccc(O)cc2)C(=O)N2C(=O)OC[C@@H]2Cc2ccccc2)C(=O)N2C(=O)OC[C@@H]2Cc2ccccc2)cc1. The molecule has 4 aromatic carbocycles. The molecule has 52 heavy (non-hydrogen) atoms. The van der Waals surface area contributed by atoms with E-state index >= 15 is 0 Å². The maximum Gasteiger partial charge on any atom is 0.417 e. The Labute approximate surface area is 304 Å². The summed E-state index contributed by atoms with van der Waals surface area (Å²) in [6, 6.07) is 31.9. The number of nitrogens with zero attached hydrogens (tertiary/aromatic N) is 2. The zero-order valence-electron chi connectivity index (χ0n) is 28.3. The minimum Gasteiger partial charge on any atom is -0.508 e. The Kier molecular flexibility index (Phi) is 12.5. The highest BCUT2D eigenvalue weighted by Gasteiger charge is 2.42. The van der Waals surface area contributed by atoms with Crippen LogP contribution in [0.3, 0.4) is 0 Å². The second kappa shape index (κ2) is 17.4. The van der Waals surface area contributed by atoms with Gasteiger partial charge in [0.15, 0.2) is 0 Å². The van der Waals surface area contributed by atoms with Crippen molar-refractivity contribution in [1.29, 1.82) is 0 Å². The first-order chi connectivity index (χ1) is 24.8. The number of hydrogen-bond donors (Lipinski definition) is 1. The smallest absolute Gasteiger partial charge is 0.417 e. The Hall–Kier alpha value is -5.90. The molecule has 2 aliphatic heterocycles. The lowest BCUT2D eigenvalue weighted by molar-refractivity contribution is -0.133. The number of ether oxygens (including phenoxy) is 3. The summed E-state index contributed by atoms with van der Waals surface area (Å²) in [6.45, 7) is 0.133. The molecule has 2 heterocycles. The number of carbonyl (C=O) groups excluding carboxylic acids is 4. The molecule has 10 heteroatoms. The molecular formula is C42H44N2O8. The molecular weight excluding hydrogens is 660 g/mol. The summed E-state index contributed by atoms with van der Waals surface area (Å²) in [5.74, 6) is -1.93. The molecule has 0 aromatic heterocycles. The molecule has 4 aromatic rings. The first-order valence-corrected chi connectivity index (χ1v) is 17.0. The molecule has 0 bridgehead atoms. The number of carbonyl (C=O) groups is 4. The van der Waals surface area contributed by atoms with Crippen molar-refractivity contribution in [2.24, 2.45) is 11.8 Å². The van der Waals surface area contributed by atoms with Gasteiger partial charge in [0.25, 0.3) is 0 Å². The van der Waals surface area contributed by atoms with Crippen LogP contribution in [0.1, 0.15) is 29.7 Å². The molecule has 6 rings (SSSR count). The summed E-state index contributed by atoms with van der Waals surface area (Å²) in [6.07, 6.45) is 3.14. The molecule has 270 valence electrons. The van der Waals surface area contributed by atoms with Gasteiger partial charge in [0.05, 0.1) is 31.0 Å². The van der Waals surface area contributed by atoms with Crippen molar-refractivity contribution in [2.75, 3.05) is 20.3 Å².